The summed E-state index contributed by atoms with van der Waals surface area (Å²) in [5, 5.41) is 3.05. The van der Waals surface area contributed by atoms with Crippen LogP contribution in [0.3, 0.4) is 0 Å². The predicted octanol–water partition coefficient (Wildman–Crippen LogP) is 8.52. The van der Waals surface area contributed by atoms with E-state index in [1.165, 1.54) is 7.11 Å². The molecule has 13 heteroatoms. The third-order valence-electron chi connectivity index (χ3n) is 11.4. The molecule has 6 aromatic rings. The molecule has 8 rings (SSSR count). The molecule has 302 valence electrons. The first-order valence-corrected chi connectivity index (χ1v) is 20.3. The average Bonchev–Trinajstić information content (AvgIpc) is 4.10. The number of ether oxygens (including phenoxy) is 1. The number of amides is 3. The van der Waals surface area contributed by atoms with E-state index in [-0.39, 0.29) is 23.9 Å². The molecule has 4 aromatic carbocycles. The molecule has 0 spiro atoms. The monoisotopic (exact) mass is 810 g/mol. The lowest BCUT2D eigenvalue weighted by Gasteiger charge is -2.28. The zero-order valence-electron chi connectivity index (χ0n) is 33.3. The first-order chi connectivity index (χ1) is 28.7. The smallest absolute Gasteiger partial charge is 0.407 e. The Bertz CT molecular complexity index is 2440. The normalized spacial score (nSPS) is 16.9. The molecule has 12 nitrogen and oxygen atoms in total. The van der Waals surface area contributed by atoms with Crippen LogP contribution >= 0.6 is 11.6 Å². The molecule has 0 radical (unpaired) electrons. The van der Waals surface area contributed by atoms with Crippen LogP contribution in [0.15, 0.2) is 109 Å². The van der Waals surface area contributed by atoms with Gasteiger partial charge in [0, 0.05) is 43.5 Å². The van der Waals surface area contributed by atoms with Crippen molar-refractivity contribution in [2.75, 3.05) is 39.2 Å². The Morgan fingerprint density at radius 1 is 0.763 bits per heavy atom. The van der Waals surface area contributed by atoms with E-state index in [9.17, 15) is 14.4 Å². The highest BCUT2D eigenvalue weighted by molar-refractivity contribution is 6.31. The van der Waals surface area contributed by atoms with E-state index in [2.05, 4.69) is 63.8 Å². The molecule has 0 aliphatic carbocycles. The molecule has 2 aliphatic heterocycles. The minimum atomic E-state index is -1.01. The summed E-state index contributed by atoms with van der Waals surface area (Å²) >= 11 is 6.47. The Morgan fingerprint density at radius 3 is 1.86 bits per heavy atom. The Balaban J connectivity index is 0.921. The number of rotatable bonds is 11. The van der Waals surface area contributed by atoms with Crippen LogP contribution in [0.1, 0.15) is 66.6 Å². The van der Waals surface area contributed by atoms with Gasteiger partial charge in [0.2, 0.25) is 5.91 Å². The number of anilines is 1. The van der Waals surface area contributed by atoms with Gasteiger partial charge in [0.25, 0.3) is 5.91 Å². The zero-order chi connectivity index (χ0) is 41.0. The van der Waals surface area contributed by atoms with E-state index in [1.807, 2.05) is 54.4 Å². The van der Waals surface area contributed by atoms with Crippen LogP contribution < -0.4 is 10.2 Å². The number of hydrogen-bond acceptors (Lipinski definition) is 7. The van der Waals surface area contributed by atoms with Gasteiger partial charge in [-0.2, -0.15) is 0 Å². The minimum Gasteiger partial charge on any atom is -0.453 e. The van der Waals surface area contributed by atoms with Crippen LogP contribution in [0.5, 0.6) is 0 Å². The van der Waals surface area contributed by atoms with E-state index in [0.717, 1.165) is 82.9 Å². The van der Waals surface area contributed by atoms with E-state index in [4.69, 9.17) is 26.3 Å². The molecule has 59 heavy (non-hydrogen) atoms. The SMILES string of the molecule is COC(=O)N[C@@H](C(=O)N1CCC[C@H]1c1ncc(-c2ccc(-c3ccc(-c4cnc([C@@H]5CCCN5C(=O)Cc5ccccc5N(C)C)[nH]4)cc3)cc2)[nH]1)c1ccccc1Cl. The summed E-state index contributed by atoms with van der Waals surface area (Å²) in [6, 6.07) is 30.3. The number of carbonyl (C=O) groups is 3. The molecule has 0 unspecified atom stereocenters. The molecule has 3 amide bonds. The average molecular weight is 811 g/mol. The van der Waals surface area contributed by atoms with Crippen LogP contribution in [0.25, 0.3) is 33.6 Å². The number of benzene rings is 4. The highest BCUT2D eigenvalue weighted by Crippen LogP contribution is 2.37. The van der Waals surface area contributed by atoms with Gasteiger partial charge >= 0.3 is 6.09 Å². The van der Waals surface area contributed by atoms with Crippen molar-refractivity contribution < 1.29 is 19.1 Å². The summed E-state index contributed by atoms with van der Waals surface area (Å²) in [5.74, 6) is 1.34. The number of methoxy groups -OCH3 is 1. The molecular formula is C46H47ClN8O4. The van der Waals surface area contributed by atoms with Gasteiger partial charge in [-0.1, -0.05) is 96.5 Å². The van der Waals surface area contributed by atoms with Crippen molar-refractivity contribution >= 4 is 35.2 Å². The van der Waals surface area contributed by atoms with Crippen LogP contribution in [-0.4, -0.2) is 81.9 Å². The number of nitrogens with one attached hydrogen (secondary N) is 3. The molecule has 0 saturated carbocycles. The van der Waals surface area contributed by atoms with Crippen molar-refractivity contribution in [3.05, 3.63) is 137 Å². The number of aromatic amines is 2. The number of alkyl carbamates (subject to hydrolysis) is 1. The third-order valence-corrected chi connectivity index (χ3v) is 11.7. The number of hydrogen-bond donors (Lipinski definition) is 3. The molecule has 3 atom stereocenters. The molecule has 2 saturated heterocycles. The predicted molar refractivity (Wildman–Crippen MR) is 229 cm³/mol. The van der Waals surface area contributed by atoms with Crippen molar-refractivity contribution in [2.45, 2.75) is 50.2 Å². The fourth-order valence-corrected chi connectivity index (χ4v) is 8.58. The lowest BCUT2D eigenvalue weighted by molar-refractivity contribution is -0.134. The van der Waals surface area contributed by atoms with E-state index >= 15 is 0 Å². The first-order valence-electron chi connectivity index (χ1n) is 19.9. The summed E-state index contributed by atoms with van der Waals surface area (Å²) in [5.41, 5.74) is 8.46. The lowest BCUT2D eigenvalue weighted by Crippen LogP contribution is -2.43. The van der Waals surface area contributed by atoms with Gasteiger partial charge in [0.15, 0.2) is 0 Å². The minimum absolute atomic E-state index is 0.0759. The molecule has 3 N–H and O–H groups in total. The Hall–Kier alpha value is -6.40. The number of carbonyl (C=O) groups excluding carboxylic acids is 3. The molecule has 2 fully saturated rings. The standard InChI is InChI=1S/C46H47ClN8O4/c1-53(2)38-13-7-4-10-33(38)26-41(56)54-24-8-14-39(54)43-48-27-36(50-43)31-20-16-29(17-21-31)30-18-22-32(23-19-30)37-28-49-44(51-37)40-15-9-25-55(40)45(57)42(52-46(58)59-3)34-11-5-6-12-35(34)47/h4-7,10-13,16-23,27-28,39-40,42H,8-9,14-15,24-26H2,1-3H3,(H,48,50)(H,49,51)(H,52,58)/t39-,40-,42+/m0/s1. The van der Waals surface area contributed by atoms with Crippen molar-refractivity contribution in [1.82, 2.24) is 35.1 Å². The van der Waals surface area contributed by atoms with Crippen molar-refractivity contribution in [3.8, 4) is 33.6 Å². The summed E-state index contributed by atoms with van der Waals surface area (Å²) in [6.45, 7) is 1.24. The van der Waals surface area contributed by atoms with Crippen molar-refractivity contribution in [1.29, 1.82) is 0 Å². The summed E-state index contributed by atoms with van der Waals surface area (Å²) in [6.07, 6.45) is 6.64. The molecular weight excluding hydrogens is 764 g/mol. The van der Waals surface area contributed by atoms with Gasteiger partial charge in [-0.15, -0.1) is 0 Å². The summed E-state index contributed by atoms with van der Waals surface area (Å²) < 4.78 is 4.83. The molecule has 2 aliphatic rings. The maximum absolute atomic E-state index is 14.0. The largest absolute Gasteiger partial charge is 0.453 e. The fraction of sp³-hybridized carbons (Fsp3) is 0.283. The second-order valence-corrected chi connectivity index (χ2v) is 15.7. The van der Waals surface area contributed by atoms with Crippen molar-refractivity contribution in [3.63, 3.8) is 0 Å². The second-order valence-electron chi connectivity index (χ2n) is 15.2. The molecule has 0 bridgehead atoms. The van der Waals surface area contributed by atoms with E-state index in [1.54, 1.807) is 35.4 Å². The highest BCUT2D eigenvalue weighted by Gasteiger charge is 2.38. The Kier molecular flexibility index (Phi) is 11.5. The van der Waals surface area contributed by atoms with Gasteiger partial charge in [0.1, 0.15) is 17.7 Å². The lowest BCUT2D eigenvalue weighted by atomic mass is 10.0. The number of likely N-dealkylation sites (tertiary alicyclic amines) is 2. The van der Waals surface area contributed by atoms with Gasteiger partial charge in [0.05, 0.1) is 49.4 Å². The van der Waals surface area contributed by atoms with E-state index in [0.29, 0.717) is 29.4 Å². The molecule has 2 aromatic heterocycles. The Labute approximate surface area is 348 Å². The van der Waals surface area contributed by atoms with Gasteiger partial charge in [-0.3, -0.25) is 9.59 Å². The van der Waals surface area contributed by atoms with Gasteiger partial charge < -0.3 is 34.7 Å². The van der Waals surface area contributed by atoms with E-state index < -0.39 is 12.1 Å². The number of para-hydroxylation sites is 1. The Morgan fingerprint density at radius 2 is 1.29 bits per heavy atom. The number of nitrogens with zero attached hydrogens (tertiary/aromatic N) is 5. The van der Waals surface area contributed by atoms with Crippen molar-refractivity contribution in [2.24, 2.45) is 0 Å². The number of H-pyrrole nitrogens is 2. The van der Waals surface area contributed by atoms with Crippen LogP contribution in [0, 0.1) is 0 Å². The van der Waals surface area contributed by atoms with Gasteiger partial charge in [-0.25, -0.2) is 14.8 Å². The summed E-state index contributed by atoms with van der Waals surface area (Å²) in [7, 11) is 5.26. The van der Waals surface area contributed by atoms with Crippen LogP contribution in [0.2, 0.25) is 5.02 Å². The first kappa shape index (κ1) is 39.4. The third kappa shape index (κ3) is 8.31. The number of halogens is 1. The second kappa shape index (κ2) is 17.2. The van der Waals surface area contributed by atoms with Crippen LogP contribution in [0.4, 0.5) is 10.5 Å². The fourth-order valence-electron chi connectivity index (χ4n) is 8.34. The highest BCUT2D eigenvalue weighted by atomic mass is 35.5. The zero-order valence-corrected chi connectivity index (χ0v) is 34.1. The number of imidazole rings is 2. The topological polar surface area (TPSA) is 140 Å². The summed E-state index contributed by atoms with van der Waals surface area (Å²) in [4.78, 5) is 62.0. The van der Waals surface area contributed by atoms with Gasteiger partial charge in [-0.05, 0) is 65.6 Å². The molecule has 4 heterocycles. The maximum atomic E-state index is 14.0. The maximum Gasteiger partial charge on any atom is 0.407 e. The van der Waals surface area contributed by atoms with Crippen LogP contribution in [-0.2, 0) is 20.7 Å². The number of aromatic nitrogens is 4. The quantitative estimate of drug-likeness (QED) is 0.119.